The molecular formula is C19H22N4O4. The summed E-state index contributed by atoms with van der Waals surface area (Å²) in [7, 11) is 2.08. The Labute approximate surface area is 157 Å². The predicted octanol–water partition coefficient (Wildman–Crippen LogP) is 1.77. The van der Waals surface area contributed by atoms with E-state index in [2.05, 4.69) is 33.5 Å². The number of nitrogens with zero attached hydrogens (tertiary/aromatic N) is 3. The number of aryl methyl sites for hydroxylation is 1. The number of nitrogens with one attached hydrogen (secondary N) is 1. The summed E-state index contributed by atoms with van der Waals surface area (Å²) < 4.78 is 15.9. The van der Waals surface area contributed by atoms with Crippen molar-refractivity contribution in [3.05, 3.63) is 41.6 Å². The van der Waals surface area contributed by atoms with Crippen LogP contribution in [-0.2, 0) is 17.8 Å². The zero-order valence-corrected chi connectivity index (χ0v) is 15.2. The van der Waals surface area contributed by atoms with E-state index in [0.29, 0.717) is 36.9 Å². The van der Waals surface area contributed by atoms with Crippen LogP contribution in [0, 0.1) is 0 Å². The molecule has 1 aromatic carbocycles. The summed E-state index contributed by atoms with van der Waals surface area (Å²) in [6.07, 6.45) is 3.75. The zero-order chi connectivity index (χ0) is 18.6. The SMILES string of the molecule is CN1CC=C(c2noc(CCC(=O)NCc3ccc4c(c3)OCO4)n2)CC1. The maximum absolute atomic E-state index is 12.1. The number of aromatic nitrogens is 2. The highest BCUT2D eigenvalue weighted by Crippen LogP contribution is 2.32. The fourth-order valence-corrected chi connectivity index (χ4v) is 3.02. The van der Waals surface area contributed by atoms with Crippen molar-refractivity contribution in [2.24, 2.45) is 0 Å². The maximum atomic E-state index is 12.1. The van der Waals surface area contributed by atoms with Crippen molar-refractivity contribution < 1.29 is 18.8 Å². The quantitative estimate of drug-likeness (QED) is 0.829. The van der Waals surface area contributed by atoms with Gasteiger partial charge in [-0.2, -0.15) is 4.98 Å². The van der Waals surface area contributed by atoms with Crippen molar-refractivity contribution >= 4 is 11.5 Å². The normalized spacial score (nSPS) is 16.3. The van der Waals surface area contributed by atoms with Crippen molar-refractivity contribution in [2.75, 3.05) is 26.9 Å². The van der Waals surface area contributed by atoms with Crippen LogP contribution in [0.25, 0.3) is 5.57 Å². The topological polar surface area (TPSA) is 89.7 Å². The Bertz CT molecular complexity index is 861. The number of amides is 1. The Hall–Kier alpha value is -2.87. The Morgan fingerprint density at radius 1 is 1.30 bits per heavy atom. The van der Waals surface area contributed by atoms with Crippen LogP contribution in [0.4, 0.5) is 0 Å². The molecule has 8 heteroatoms. The summed E-state index contributed by atoms with van der Waals surface area (Å²) in [5, 5.41) is 6.93. The molecule has 0 saturated heterocycles. The Balaban J connectivity index is 1.25. The lowest BCUT2D eigenvalue weighted by atomic mass is 10.1. The number of rotatable bonds is 6. The summed E-state index contributed by atoms with van der Waals surface area (Å²) in [6, 6.07) is 5.64. The van der Waals surface area contributed by atoms with E-state index in [1.165, 1.54) is 0 Å². The number of fused-ring (bicyclic) bond motifs is 1. The summed E-state index contributed by atoms with van der Waals surface area (Å²) >= 11 is 0. The molecule has 3 heterocycles. The summed E-state index contributed by atoms with van der Waals surface area (Å²) in [4.78, 5) is 18.7. The molecule has 27 heavy (non-hydrogen) atoms. The minimum atomic E-state index is -0.0640. The van der Waals surface area contributed by atoms with Gasteiger partial charge in [0, 0.05) is 32.5 Å². The first-order valence-electron chi connectivity index (χ1n) is 9.03. The van der Waals surface area contributed by atoms with Crippen molar-refractivity contribution in [3.8, 4) is 11.5 Å². The second-order valence-corrected chi connectivity index (χ2v) is 6.72. The fourth-order valence-electron chi connectivity index (χ4n) is 3.02. The van der Waals surface area contributed by atoms with E-state index < -0.39 is 0 Å². The van der Waals surface area contributed by atoms with Crippen LogP contribution in [0.15, 0.2) is 28.8 Å². The van der Waals surface area contributed by atoms with Crippen LogP contribution in [0.2, 0.25) is 0 Å². The molecular weight excluding hydrogens is 348 g/mol. The summed E-state index contributed by atoms with van der Waals surface area (Å²) in [6.45, 7) is 2.55. The van der Waals surface area contributed by atoms with Gasteiger partial charge in [-0.15, -0.1) is 0 Å². The van der Waals surface area contributed by atoms with Crippen molar-refractivity contribution in [1.29, 1.82) is 0 Å². The van der Waals surface area contributed by atoms with Crippen molar-refractivity contribution in [2.45, 2.75) is 25.8 Å². The van der Waals surface area contributed by atoms with E-state index >= 15 is 0 Å². The maximum Gasteiger partial charge on any atom is 0.231 e. The smallest absolute Gasteiger partial charge is 0.231 e. The molecule has 0 spiro atoms. The molecule has 1 amide bonds. The van der Waals surface area contributed by atoms with Gasteiger partial charge in [0.05, 0.1) is 0 Å². The second-order valence-electron chi connectivity index (χ2n) is 6.72. The van der Waals surface area contributed by atoms with Gasteiger partial charge in [0.2, 0.25) is 18.6 Å². The van der Waals surface area contributed by atoms with Gasteiger partial charge in [0.1, 0.15) is 0 Å². The van der Waals surface area contributed by atoms with Crippen LogP contribution in [0.3, 0.4) is 0 Å². The second kappa shape index (κ2) is 7.79. The Morgan fingerprint density at radius 2 is 2.19 bits per heavy atom. The molecule has 0 fully saturated rings. The Kier molecular flexibility index (Phi) is 5.06. The van der Waals surface area contributed by atoms with E-state index in [1.54, 1.807) is 0 Å². The van der Waals surface area contributed by atoms with E-state index in [1.807, 2.05) is 18.2 Å². The molecule has 2 aliphatic rings. The van der Waals surface area contributed by atoms with Crippen LogP contribution in [-0.4, -0.2) is 47.9 Å². The summed E-state index contributed by atoms with van der Waals surface area (Å²) in [5.41, 5.74) is 2.07. The number of carbonyl (C=O) groups is 1. The Morgan fingerprint density at radius 3 is 3.04 bits per heavy atom. The lowest BCUT2D eigenvalue weighted by molar-refractivity contribution is -0.121. The lowest BCUT2D eigenvalue weighted by Crippen LogP contribution is -2.24. The largest absolute Gasteiger partial charge is 0.454 e. The van der Waals surface area contributed by atoms with Gasteiger partial charge in [-0.05, 0) is 36.7 Å². The van der Waals surface area contributed by atoms with Gasteiger partial charge in [-0.25, -0.2) is 0 Å². The van der Waals surface area contributed by atoms with Crippen molar-refractivity contribution in [3.63, 3.8) is 0 Å². The van der Waals surface area contributed by atoms with E-state index in [4.69, 9.17) is 14.0 Å². The number of carbonyl (C=O) groups excluding carboxylic acids is 1. The van der Waals surface area contributed by atoms with Crippen LogP contribution >= 0.6 is 0 Å². The highest BCUT2D eigenvalue weighted by Gasteiger charge is 2.16. The van der Waals surface area contributed by atoms with Crippen LogP contribution in [0.5, 0.6) is 11.5 Å². The highest BCUT2D eigenvalue weighted by molar-refractivity contribution is 5.76. The number of ether oxygens (including phenoxy) is 2. The molecule has 0 bridgehead atoms. The third-order valence-corrected chi connectivity index (χ3v) is 4.66. The van der Waals surface area contributed by atoms with Gasteiger partial charge in [0.25, 0.3) is 0 Å². The molecule has 0 saturated carbocycles. The molecule has 1 N–H and O–H groups in total. The number of likely N-dealkylation sites (N-methyl/N-ethyl adjacent to an activating group) is 1. The molecule has 0 atom stereocenters. The first-order valence-corrected chi connectivity index (χ1v) is 9.03. The van der Waals surface area contributed by atoms with E-state index in [-0.39, 0.29) is 12.7 Å². The standard InChI is InChI=1S/C19H22N4O4/c1-23-8-6-14(7-9-23)19-21-18(27-22-19)5-4-17(24)20-11-13-2-3-15-16(10-13)26-12-25-15/h2-3,6,10H,4-5,7-9,11-12H2,1H3,(H,20,24). The minimum absolute atomic E-state index is 0.0640. The minimum Gasteiger partial charge on any atom is -0.454 e. The van der Waals surface area contributed by atoms with Crippen molar-refractivity contribution in [1.82, 2.24) is 20.4 Å². The molecule has 0 radical (unpaired) electrons. The van der Waals surface area contributed by atoms with E-state index in [9.17, 15) is 4.79 Å². The number of benzene rings is 1. The molecule has 8 nitrogen and oxygen atoms in total. The fraction of sp³-hybridized carbons (Fsp3) is 0.421. The predicted molar refractivity (Wildman–Crippen MR) is 97.1 cm³/mol. The summed E-state index contributed by atoms with van der Waals surface area (Å²) in [5.74, 6) is 2.51. The van der Waals surface area contributed by atoms with Gasteiger partial charge < -0.3 is 24.2 Å². The third kappa shape index (κ3) is 4.28. The molecule has 2 aromatic rings. The molecule has 1 aromatic heterocycles. The van der Waals surface area contributed by atoms with E-state index in [0.717, 1.165) is 36.4 Å². The van der Waals surface area contributed by atoms with Crippen LogP contribution in [0.1, 0.15) is 30.1 Å². The first kappa shape index (κ1) is 17.5. The molecule has 4 rings (SSSR count). The molecule has 142 valence electrons. The monoisotopic (exact) mass is 370 g/mol. The molecule has 0 aliphatic carbocycles. The average Bonchev–Trinajstić information content (AvgIpc) is 3.34. The average molecular weight is 370 g/mol. The molecule has 2 aliphatic heterocycles. The van der Waals surface area contributed by atoms with Crippen LogP contribution < -0.4 is 14.8 Å². The third-order valence-electron chi connectivity index (χ3n) is 4.66. The number of hydrogen-bond donors (Lipinski definition) is 1. The van der Waals surface area contributed by atoms with Gasteiger partial charge in [-0.3, -0.25) is 4.79 Å². The highest BCUT2D eigenvalue weighted by atomic mass is 16.7. The lowest BCUT2D eigenvalue weighted by Gasteiger charge is -2.19. The van der Waals surface area contributed by atoms with Gasteiger partial charge in [-0.1, -0.05) is 17.3 Å². The zero-order valence-electron chi connectivity index (χ0n) is 15.2. The first-order chi connectivity index (χ1) is 13.2. The number of hydrogen-bond acceptors (Lipinski definition) is 7. The molecule has 0 unspecified atom stereocenters. The van der Waals surface area contributed by atoms with Gasteiger partial charge in [0.15, 0.2) is 17.3 Å². The van der Waals surface area contributed by atoms with Gasteiger partial charge >= 0.3 is 0 Å².